The van der Waals surface area contributed by atoms with E-state index >= 15 is 0 Å². The van der Waals surface area contributed by atoms with Crippen molar-refractivity contribution in [1.82, 2.24) is 0 Å². The number of hydrogen-bond acceptors (Lipinski definition) is 1. The molecule has 0 aromatic heterocycles. The fourth-order valence-electron chi connectivity index (χ4n) is 0.328. The van der Waals surface area contributed by atoms with Gasteiger partial charge in [-0.2, -0.15) is 0 Å². The Bertz CT molecular complexity index is 63.4. The molecule has 2 nitrogen and oxygen atoms in total. The first-order valence-corrected chi connectivity index (χ1v) is 2.49. The van der Waals surface area contributed by atoms with Gasteiger partial charge in [-0.3, -0.25) is 4.79 Å². The van der Waals surface area contributed by atoms with Crippen molar-refractivity contribution in [2.24, 2.45) is 0 Å². The molecule has 1 N–H and O–H groups in total. The topological polar surface area (TPSA) is 37.3 Å². The van der Waals surface area contributed by atoms with Crippen molar-refractivity contribution in [1.29, 1.82) is 0 Å². The van der Waals surface area contributed by atoms with Crippen molar-refractivity contribution in [3.8, 4) is 0 Å². The van der Waals surface area contributed by atoms with Crippen molar-refractivity contribution in [3.05, 3.63) is 0 Å². The van der Waals surface area contributed by atoms with Crippen LogP contribution in [0.25, 0.3) is 0 Å². The van der Waals surface area contributed by atoms with Crippen molar-refractivity contribution in [2.45, 2.75) is 26.2 Å². The Morgan fingerprint density at radius 3 is 2.25 bits per heavy atom. The smallest absolute Gasteiger partial charge is 0.303 e. The van der Waals surface area contributed by atoms with Gasteiger partial charge in [0.05, 0.1) is 0 Å². The van der Waals surface area contributed by atoms with E-state index in [1.54, 1.807) is 0 Å². The van der Waals surface area contributed by atoms with Crippen LogP contribution in [0.15, 0.2) is 0 Å². The number of unbranched alkanes of at least 4 members (excludes halogenated alkanes) is 1. The van der Waals surface area contributed by atoms with Gasteiger partial charge in [-0.25, -0.2) is 0 Å². The summed E-state index contributed by atoms with van der Waals surface area (Å²) in [6.07, 6.45) is 2.08. The minimum atomic E-state index is -0.693. The molecule has 0 aliphatic rings. The van der Waals surface area contributed by atoms with Crippen LogP contribution in [-0.2, 0) is 4.79 Å². The van der Waals surface area contributed by atoms with Crippen molar-refractivity contribution < 1.29 is 9.90 Å². The van der Waals surface area contributed by atoms with E-state index in [0.717, 1.165) is 12.8 Å². The fourth-order valence-corrected chi connectivity index (χ4v) is 0.328. The van der Waals surface area contributed by atoms with Crippen LogP contribution in [0, 0.1) is 0 Å². The van der Waals surface area contributed by atoms with Gasteiger partial charge in [0, 0.05) is 36.0 Å². The van der Waals surface area contributed by atoms with Crippen LogP contribution in [0.4, 0.5) is 0 Å². The van der Waals surface area contributed by atoms with E-state index in [1.807, 2.05) is 6.92 Å². The first kappa shape index (κ1) is 11.3. The van der Waals surface area contributed by atoms with Crippen molar-refractivity contribution in [3.63, 3.8) is 0 Å². The summed E-state index contributed by atoms with van der Waals surface area (Å²) in [7, 11) is 0. The maximum absolute atomic E-state index is 9.76. The number of carbonyl (C=O) groups is 1. The van der Waals surface area contributed by atoms with E-state index in [9.17, 15) is 4.79 Å². The molecule has 0 spiro atoms. The third kappa shape index (κ3) is 9.69. The molecule has 0 fully saturated rings. The summed E-state index contributed by atoms with van der Waals surface area (Å²) in [5.41, 5.74) is 0. The van der Waals surface area contributed by atoms with Crippen LogP contribution in [0.2, 0.25) is 0 Å². The van der Waals surface area contributed by atoms with E-state index in [1.165, 1.54) is 0 Å². The van der Waals surface area contributed by atoms with Gasteiger partial charge >= 0.3 is 5.97 Å². The molecule has 43 valence electrons. The summed E-state index contributed by atoms with van der Waals surface area (Å²) < 4.78 is 0. The molecule has 0 bridgehead atoms. The van der Waals surface area contributed by atoms with Gasteiger partial charge < -0.3 is 5.11 Å². The van der Waals surface area contributed by atoms with Gasteiger partial charge in [0.2, 0.25) is 0 Å². The Labute approximate surface area is 71.6 Å². The molecule has 0 saturated carbocycles. The van der Waals surface area contributed by atoms with Crippen LogP contribution in [0.3, 0.4) is 0 Å². The zero-order valence-corrected chi connectivity index (χ0v) is 7.48. The Hall–Kier alpha value is 0.470. The van der Waals surface area contributed by atoms with Crippen LogP contribution >= 0.6 is 0 Å². The van der Waals surface area contributed by atoms with Gasteiger partial charge in [0.15, 0.2) is 0 Å². The van der Waals surface area contributed by atoms with Gasteiger partial charge in [-0.1, -0.05) is 13.3 Å². The van der Waals surface area contributed by atoms with Crippen LogP contribution < -0.4 is 0 Å². The first-order valence-electron chi connectivity index (χ1n) is 2.49. The average Bonchev–Trinajstić information content (AvgIpc) is 1.61. The van der Waals surface area contributed by atoms with E-state index in [0.29, 0.717) is 6.42 Å². The summed E-state index contributed by atoms with van der Waals surface area (Å²) in [5.74, 6) is -0.693. The summed E-state index contributed by atoms with van der Waals surface area (Å²) >= 11 is 0. The molecule has 0 heterocycles. The average molecular weight is 125 g/mol. The molecule has 0 aromatic rings. The second-order valence-corrected chi connectivity index (χ2v) is 1.50. The van der Waals surface area contributed by atoms with Gasteiger partial charge in [0.25, 0.3) is 0 Å². The summed E-state index contributed by atoms with van der Waals surface area (Å²) in [6.45, 7) is 1.98. The molecule has 0 saturated heterocycles. The zero-order chi connectivity index (χ0) is 5.70. The van der Waals surface area contributed by atoms with Gasteiger partial charge in [0.1, 0.15) is 0 Å². The van der Waals surface area contributed by atoms with Crippen molar-refractivity contribution >= 4 is 35.5 Å². The second-order valence-electron chi connectivity index (χ2n) is 1.50. The normalized spacial score (nSPS) is 7.62. The Kier molecular flexibility index (Phi) is 10.5. The molecule has 0 aromatic carbocycles. The molecule has 0 amide bonds. The number of hydrogen-bond donors (Lipinski definition) is 1. The van der Waals surface area contributed by atoms with Gasteiger partial charge in [-0.15, -0.1) is 0 Å². The third-order valence-electron chi connectivity index (χ3n) is 0.744. The number of carboxylic acid groups (broad SMARTS) is 1. The quantitative estimate of drug-likeness (QED) is 0.568. The summed E-state index contributed by atoms with van der Waals surface area (Å²) in [6, 6.07) is 0. The SMILES string of the molecule is CCCCC(=O)O.[Na]. The predicted molar refractivity (Wildman–Crippen MR) is 32.9 cm³/mol. The Balaban J connectivity index is 0. The van der Waals surface area contributed by atoms with E-state index < -0.39 is 5.97 Å². The molecule has 0 aliphatic carbocycles. The fraction of sp³-hybridized carbons (Fsp3) is 0.800. The largest absolute Gasteiger partial charge is 0.481 e. The minimum Gasteiger partial charge on any atom is -0.481 e. The number of rotatable bonds is 3. The first-order chi connectivity index (χ1) is 3.27. The second kappa shape index (κ2) is 7.47. The van der Waals surface area contributed by atoms with Gasteiger partial charge in [-0.05, 0) is 6.42 Å². The number of aliphatic carboxylic acids is 1. The molecule has 0 rings (SSSR count). The maximum Gasteiger partial charge on any atom is 0.303 e. The molecule has 0 atom stereocenters. The molecule has 1 radical (unpaired) electrons. The number of carboxylic acids is 1. The third-order valence-corrected chi connectivity index (χ3v) is 0.744. The van der Waals surface area contributed by atoms with Crippen LogP contribution in [0.5, 0.6) is 0 Å². The molecule has 8 heavy (non-hydrogen) atoms. The van der Waals surface area contributed by atoms with E-state index in [-0.39, 0.29) is 29.6 Å². The minimum absolute atomic E-state index is 0. The molecule has 0 aliphatic heterocycles. The monoisotopic (exact) mass is 125 g/mol. The van der Waals surface area contributed by atoms with Crippen LogP contribution in [0.1, 0.15) is 26.2 Å². The van der Waals surface area contributed by atoms with E-state index in [2.05, 4.69) is 0 Å². The molecule has 3 heteroatoms. The molecular formula is C5H10NaO2. The maximum atomic E-state index is 9.76. The Morgan fingerprint density at radius 1 is 1.62 bits per heavy atom. The zero-order valence-electron chi connectivity index (χ0n) is 5.48. The van der Waals surface area contributed by atoms with Crippen molar-refractivity contribution in [2.75, 3.05) is 0 Å². The molecular weight excluding hydrogens is 115 g/mol. The summed E-state index contributed by atoms with van der Waals surface area (Å²) in [5, 5.41) is 8.04. The van der Waals surface area contributed by atoms with Crippen LogP contribution in [-0.4, -0.2) is 40.6 Å². The summed E-state index contributed by atoms with van der Waals surface area (Å²) in [4.78, 5) is 9.76. The van der Waals surface area contributed by atoms with E-state index in [4.69, 9.17) is 5.11 Å². The predicted octanol–water partition coefficient (Wildman–Crippen LogP) is 0.880. The Morgan fingerprint density at radius 2 is 2.12 bits per heavy atom. The standard InChI is InChI=1S/C5H10O2.Na/c1-2-3-4-5(6)7;/h2-4H2,1H3,(H,6,7);. The molecule has 0 unspecified atom stereocenters.